The Balaban J connectivity index is 2.22. The number of nitrogens with one attached hydrogen (secondary N) is 1. The number of carbonyl (C=O) groups is 3. The van der Waals surface area contributed by atoms with Gasteiger partial charge in [0, 0.05) is 13.0 Å². The molecule has 1 aromatic carbocycles. The molecule has 2 rings (SSSR count). The van der Waals surface area contributed by atoms with Gasteiger partial charge in [0.05, 0.1) is 6.04 Å². The molecule has 140 valence electrons. The van der Waals surface area contributed by atoms with Crippen molar-refractivity contribution in [2.75, 3.05) is 13.7 Å². The van der Waals surface area contributed by atoms with Crippen molar-refractivity contribution >= 4 is 23.9 Å². The van der Waals surface area contributed by atoms with Crippen LogP contribution in [0.4, 0.5) is 0 Å². The highest BCUT2D eigenvalue weighted by atomic mass is 16.5. The Labute approximate surface area is 152 Å². The Morgan fingerprint density at radius 1 is 1.38 bits per heavy atom. The molecule has 1 saturated heterocycles. The van der Waals surface area contributed by atoms with Crippen LogP contribution in [0.3, 0.4) is 0 Å². The lowest BCUT2D eigenvalue weighted by Crippen LogP contribution is -2.51. The molecule has 2 N–H and O–H groups in total. The van der Waals surface area contributed by atoms with Gasteiger partial charge in [-0.1, -0.05) is 17.7 Å². The van der Waals surface area contributed by atoms with E-state index in [1.165, 1.54) is 0 Å². The third kappa shape index (κ3) is 5.42. The van der Waals surface area contributed by atoms with Gasteiger partial charge in [0.1, 0.15) is 5.75 Å². The molecule has 0 spiro atoms. The molecular weight excluding hydrogens is 336 g/mol. The maximum absolute atomic E-state index is 12.1. The van der Waals surface area contributed by atoms with E-state index in [9.17, 15) is 14.4 Å². The number of carbonyl (C=O) groups excluding carboxylic acids is 2. The van der Waals surface area contributed by atoms with E-state index in [2.05, 4.69) is 5.32 Å². The highest BCUT2D eigenvalue weighted by molar-refractivity contribution is 6.00. The summed E-state index contributed by atoms with van der Waals surface area (Å²) in [6.07, 6.45) is 2.83. The summed E-state index contributed by atoms with van der Waals surface area (Å²) in [5, 5.41) is 11.1. The second kappa shape index (κ2) is 8.62. The number of rotatable bonds is 7. The van der Waals surface area contributed by atoms with Crippen molar-refractivity contribution in [3.63, 3.8) is 0 Å². The first kappa shape index (κ1) is 19.7. The van der Waals surface area contributed by atoms with Crippen LogP contribution >= 0.6 is 0 Å². The van der Waals surface area contributed by atoms with Crippen LogP contribution in [0, 0.1) is 0 Å². The quantitative estimate of drug-likeness (QED) is 0.720. The number of hydrogen-bond acceptors (Lipinski definition) is 5. The van der Waals surface area contributed by atoms with Gasteiger partial charge in [0.2, 0.25) is 11.8 Å². The molecule has 1 aliphatic rings. The number of amides is 2. The smallest absolute Gasteiger partial charge is 0.341 e. The lowest BCUT2D eigenvalue weighted by Gasteiger charge is -2.30. The van der Waals surface area contributed by atoms with Crippen molar-refractivity contribution in [2.45, 2.75) is 39.3 Å². The van der Waals surface area contributed by atoms with Crippen molar-refractivity contribution in [3.05, 3.63) is 34.9 Å². The summed E-state index contributed by atoms with van der Waals surface area (Å²) in [6, 6.07) is 5.02. The summed E-state index contributed by atoms with van der Waals surface area (Å²) in [4.78, 5) is 36.0. The first-order valence-electron chi connectivity index (χ1n) is 8.42. The molecular formula is C19H24N2O5. The maximum atomic E-state index is 12.1. The minimum atomic E-state index is -1.04. The Morgan fingerprint density at radius 2 is 2.12 bits per heavy atom. The van der Waals surface area contributed by atoms with Crippen LogP contribution in [0.1, 0.15) is 37.8 Å². The lowest BCUT2D eigenvalue weighted by molar-refractivity contribution is -0.139. The number of carboxylic acid groups (broad SMARTS) is 1. The molecule has 26 heavy (non-hydrogen) atoms. The molecule has 7 nitrogen and oxygen atoms in total. The van der Waals surface area contributed by atoms with Gasteiger partial charge in [-0.25, -0.2) is 4.79 Å². The van der Waals surface area contributed by atoms with Crippen molar-refractivity contribution in [2.24, 2.45) is 0 Å². The largest absolute Gasteiger partial charge is 0.482 e. The molecule has 1 aliphatic heterocycles. The normalized spacial score (nSPS) is 17.0. The molecule has 0 radical (unpaired) electrons. The number of allylic oxidation sites excluding steroid dienone is 1. The maximum Gasteiger partial charge on any atom is 0.341 e. The Bertz CT molecular complexity index is 737. The zero-order chi connectivity index (χ0) is 19.3. The molecule has 1 atom stereocenters. The predicted molar refractivity (Wildman–Crippen MR) is 96.5 cm³/mol. The SMILES string of the molecule is CC(C)=Cc1ccc(OCC(=O)O)cc1CN(C)C1CCC(=O)NC1=O. The van der Waals surface area contributed by atoms with Crippen molar-refractivity contribution in [1.82, 2.24) is 10.2 Å². The summed E-state index contributed by atoms with van der Waals surface area (Å²) in [5.41, 5.74) is 3.02. The zero-order valence-electron chi connectivity index (χ0n) is 15.2. The molecule has 1 unspecified atom stereocenters. The van der Waals surface area contributed by atoms with Gasteiger partial charge in [0.25, 0.3) is 0 Å². The standard InChI is InChI=1S/C19H24N2O5/c1-12(2)8-13-4-5-15(26-11-18(23)24)9-14(13)10-21(3)16-6-7-17(22)20-19(16)25/h4-5,8-9,16H,6-7,10-11H2,1-3H3,(H,23,24)(H,20,22,25). The third-order valence-corrected chi connectivity index (χ3v) is 4.08. The number of benzene rings is 1. The van der Waals surface area contributed by atoms with Crippen LogP contribution < -0.4 is 10.1 Å². The molecule has 1 fully saturated rings. The van der Waals surface area contributed by atoms with E-state index in [1.54, 1.807) is 12.1 Å². The van der Waals surface area contributed by atoms with E-state index in [0.717, 1.165) is 16.7 Å². The summed E-state index contributed by atoms with van der Waals surface area (Å²) in [5.74, 6) is -1.11. The van der Waals surface area contributed by atoms with Crippen molar-refractivity contribution < 1.29 is 24.2 Å². The fourth-order valence-corrected chi connectivity index (χ4v) is 2.89. The highest BCUT2D eigenvalue weighted by Gasteiger charge is 2.29. The molecule has 2 amide bonds. The predicted octanol–water partition coefficient (Wildman–Crippen LogP) is 1.81. The van der Waals surface area contributed by atoms with Gasteiger partial charge in [0.15, 0.2) is 6.61 Å². The number of piperidine rings is 1. The van der Waals surface area contributed by atoms with E-state index >= 15 is 0 Å². The number of hydrogen-bond donors (Lipinski definition) is 2. The van der Waals surface area contributed by atoms with Crippen LogP contribution in [0.2, 0.25) is 0 Å². The molecule has 1 aromatic rings. The second-order valence-corrected chi connectivity index (χ2v) is 6.65. The zero-order valence-corrected chi connectivity index (χ0v) is 15.2. The molecule has 0 aromatic heterocycles. The minimum absolute atomic E-state index is 0.242. The van der Waals surface area contributed by atoms with Crippen molar-refractivity contribution in [3.8, 4) is 5.75 Å². The van der Waals surface area contributed by atoms with Gasteiger partial charge in [-0.05, 0) is 50.6 Å². The van der Waals surface area contributed by atoms with Gasteiger partial charge >= 0.3 is 5.97 Å². The summed E-state index contributed by atoms with van der Waals surface area (Å²) < 4.78 is 5.27. The Hall–Kier alpha value is -2.67. The van der Waals surface area contributed by atoms with Gasteiger partial charge < -0.3 is 9.84 Å². The molecule has 0 aliphatic carbocycles. The van der Waals surface area contributed by atoms with Gasteiger partial charge in [-0.2, -0.15) is 0 Å². The number of aliphatic carboxylic acids is 1. The van der Waals surface area contributed by atoms with E-state index in [0.29, 0.717) is 25.1 Å². The van der Waals surface area contributed by atoms with Crippen LogP contribution in [-0.2, 0) is 20.9 Å². The Morgan fingerprint density at radius 3 is 2.73 bits per heavy atom. The average Bonchev–Trinajstić information content (AvgIpc) is 2.54. The second-order valence-electron chi connectivity index (χ2n) is 6.65. The van der Waals surface area contributed by atoms with E-state index in [-0.39, 0.29) is 17.9 Å². The summed E-state index contributed by atoms with van der Waals surface area (Å²) >= 11 is 0. The first-order chi connectivity index (χ1) is 12.3. The summed E-state index contributed by atoms with van der Waals surface area (Å²) in [7, 11) is 1.83. The number of nitrogens with zero attached hydrogens (tertiary/aromatic N) is 1. The van der Waals surface area contributed by atoms with E-state index in [1.807, 2.05) is 37.9 Å². The monoisotopic (exact) mass is 360 g/mol. The van der Waals surface area contributed by atoms with Crippen LogP contribution in [0.25, 0.3) is 6.08 Å². The number of likely N-dealkylation sites (N-methyl/N-ethyl adjacent to an activating group) is 1. The topological polar surface area (TPSA) is 95.9 Å². The van der Waals surface area contributed by atoms with Crippen LogP contribution in [0.5, 0.6) is 5.75 Å². The molecule has 0 bridgehead atoms. The Kier molecular flexibility index (Phi) is 6.52. The fraction of sp³-hybridized carbons (Fsp3) is 0.421. The number of carboxylic acids is 1. The molecule has 0 saturated carbocycles. The lowest BCUT2D eigenvalue weighted by atomic mass is 10.0. The fourth-order valence-electron chi connectivity index (χ4n) is 2.89. The highest BCUT2D eigenvalue weighted by Crippen LogP contribution is 2.23. The van der Waals surface area contributed by atoms with E-state index in [4.69, 9.17) is 9.84 Å². The average molecular weight is 360 g/mol. The van der Waals surface area contributed by atoms with E-state index < -0.39 is 12.6 Å². The van der Waals surface area contributed by atoms with Crippen LogP contribution in [-0.4, -0.2) is 47.5 Å². The molecule has 1 heterocycles. The minimum Gasteiger partial charge on any atom is -0.482 e. The number of ether oxygens (including phenoxy) is 1. The number of imide groups is 1. The van der Waals surface area contributed by atoms with Crippen molar-refractivity contribution in [1.29, 1.82) is 0 Å². The molecule has 7 heteroatoms. The first-order valence-corrected chi connectivity index (χ1v) is 8.42. The summed E-state index contributed by atoms with van der Waals surface area (Å²) in [6.45, 7) is 4.03. The van der Waals surface area contributed by atoms with Gasteiger partial charge in [-0.15, -0.1) is 0 Å². The third-order valence-electron chi connectivity index (χ3n) is 4.08. The van der Waals surface area contributed by atoms with Gasteiger partial charge in [-0.3, -0.25) is 19.8 Å². The van der Waals surface area contributed by atoms with Crippen LogP contribution in [0.15, 0.2) is 23.8 Å².